The van der Waals surface area contributed by atoms with Crippen LogP contribution in [0.25, 0.3) is 0 Å². The minimum atomic E-state index is 0.283. The number of ether oxygens (including phenoxy) is 2. The Hall–Kier alpha value is -2.20. The minimum Gasteiger partial charge on any atom is -0.493 e. The number of aryl methyl sites for hydroxylation is 1. The van der Waals surface area contributed by atoms with Gasteiger partial charge in [0, 0.05) is 21.8 Å². The van der Waals surface area contributed by atoms with Gasteiger partial charge < -0.3 is 9.47 Å². The second-order valence-electron chi connectivity index (χ2n) is 6.10. The van der Waals surface area contributed by atoms with E-state index in [1.54, 1.807) is 19.4 Å². The van der Waals surface area contributed by atoms with Crippen LogP contribution >= 0.6 is 34.8 Å². The molecule has 0 radical (unpaired) electrons. The van der Waals surface area contributed by atoms with Crippen LogP contribution in [0.15, 0.2) is 59.6 Å². The molecule has 0 N–H and O–H groups in total. The Morgan fingerprint density at radius 1 is 0.964 bits per heavy atom. The molecule has 0 aliphatic heterocycles. The van der Waals surface area contributed by atoms with E-state index in [2.05, 4.69) is 4.99 Å². The van der Waals surface area contributed by atoms with Crippen molar-refractivity contribution in [2.24, 2.45) is 4.99 Å². The zero-order valence-corrected chi connectivity index (χ0v) is 17.6. The molecule has 0 amide bonds. The molecule has 6 heteroatoms. The first-order chi connectivity index (χ1) is 13.5. The van der Waals surface area contributed by atoms with Gasteiger partial charge in [-0.15, -0.1) is 0 Å². The smallest absolute Gasteiger partial charge is 0.180 e. The number of benzene rings is 3. The highest BCUT2D eigenvalue weighted by Gasteiger charge is 2.13. The number of halogens is 3. The van der Waals surface area contributed by atoms with Gasteiger partial charge >= 0.3 is 0 Å². The van der Waals surface area contributed by atoms with Crippen LogP contribution in [0.3, 0.4) is 0 Å². The maximum atomic E-state index is 6.44. The number of hydrogen-bond acceptors (Lipinski definition) is 3. The van der Waals surface area contributed by atoms with E-state index in [1.165, 1.54) is 0 Å². The summed E-state index contributed by atoms with van der Waals surface area (Å²) in [6.07, 6.45) is 1.71. The Bertz CT molecular complexity index is 1020. The fourth-order valence-corrected chi connectivity index (χ4v) is 3.22. The summed E-state index contributed by atoms with van der Waals surface area (Å²) in [6.45, 7) is 2.26. The Morgan fingerprint density at radius 3 is 2.50 bits per heavy atom. The van der Waals surface area contributed by atoms with Crippen molar-refractivity contribution in [1.29, 1.82) is 0 Å². The van der Waals surface area contributed by atoms with Gasteiger partial charge in [-0.25, -0.2) is 0 Å². The first kappa shape index (κ1) is 20.5. The summed E-state index contributed by atoms with van der Waals surface area (Å²) in [5.74, 6) is 0.976. The van der Waals surface area contributed by atoms with Gasteiger partial charge in [-0.1, -0.05) is 59.1 Å². The van der Waals surface area contributed by atoms with Crippen LogP contribution in [-0.4, -0.2) is 13.3 Å². The van der Waals surface area contributed by atoms with Crippen molar-refractivity contribution in [3.8, 4) is 11.5 Å². The summed E-state index contributed by atoms with van der Waals surface area (Å²) in [6, 6.07) is 16.7. The van der Waals surface area contributed by atoms with Gasteiger partial charge in [-0.3, -0.25) is 4.99 Å². The first-order valence-corrected chi connectivity index (χ1v) is 9.65. The van der Waals surface area contributed by atoms with Crippen LogP contribution in [0.2, 0.25) is 15.1 Å². The van der Waals surface area contributed by atoms with E-state index in [9.17, 15) is 0 Å². The number of nitrogens with zero attached hydrogens (tertiary/aromatic N) is 1. The van der Waals surface area contributed by atoms with E-state index in [0.717, 1.165) is 22.4 Å². The molecule has 0 aliphatic carbocycles. The van der Waals surface area contributed by atoms with Gasteiger partial charge in [-0.05, 0) is 48.4 Å². The highest BCUT2D eigenvalue weighted by Crippen LogP contribution is 2.37. The first-order valence-electron chi connectivity index (χ1n) is 8.52. The zero-order valence-electron chi connectivity index (χ0n) is 15.4. The molecule has 0 aromatic heterocycles. The molecule has 144 valence electrons. The fraction of sp³-hybridized carbons (Fsp3) is 0.136. The quantitative estimate of drug-likeness (QED) is 0.381. The van der Waals surface area contributed by atoms with Crippen LogP contribution in [0.4, 0.5) is 5.69 Å². The highest BCUT2D eigenvalue weighted by atomic mass is 35.5. The number of methoxy groups -OCH3 is 1. The summed E-state index contributed by atoms with van der Waals surface area (Å²) in [5, 5.41) is 1.70. The van der Waals surface area contributed by atoms with Gasteiger partial charge in [-0.2, -0.15) is 0 Å². The van der Waals surface area contributed by atoms with Crippen molar-refractivity contribution in [2.45, 2.75) is 13.5 Å². The van der Waals surface area contributed by atoms with Crippen LogP contribution in [0, 0.1) is 6.92 Å². The highest BCUT2D eigenvalue weighted by molar-refractivity contribution is 6.32. The van der Waals surface area contributed by atoms with Crippen LogP contribution in [-0.2, 0) is 6.61 Å². The van der Waals surface area contributed by atoms with E-state index in [-0.39, 0.29) is 6.61 Å². The summed E-state index contributed by atoms with van der Waals surface area (Å²) in [7, 11) is 1.57. The molecule has 3 nitrogen and oxygen atoms in total. The molecule has 0 spiro atoms. The maximum Gasteiger partial charge on any atom is 0.180 e. The molecular formula is C22H18Cl3NO2. The molecule has 0 heterocycles. The Kier molecular flexibility index (Phi) is 6.84. The van der Waals surface area contributed by atoms with Crippen molar-refractivity contribution in [3.05, 3.63) is 86.4 Å². The van der Waals surface area contributed by atoms with Crippen molar-refractivity contribution in [3.63, 3.8) is 0 Å². The normalized spacial score (nSPS) is 11.0. The average Bonchev–Trinajstić information content (AvgIpc) is 2.68. The summed E-state index contributed by atoms with van der Waals surface area (Å²) >= 11 is 18.7. The van der Waals surface area contributed by atoms with E-state index >= 15 is 0 Å². The molecular weight excluding hydrogens is 417 g/mol. The third-order valence-corrected chi connectivity index (χ3v) is 4.99. The van der Waals surface area contributed by atoms with Gasteiger partial charge in [0.05, 0.1) is 17.8 Å². The molecule has 3 aromatic carbocycles. The van der Waals surface area contributed by atoms with Crippen LogP contribution < -0.4 is 9.47 Å². The third-order valence-electron chi connectivity index (χ3n) is 4.11. The van der Waals surface area contributed by atoms with Gasteiger partial charge in [0.15, 0.2) is 11.5 Å². The molecule has 0 aliphatic rings. The molecule has 0 fully saturated rings. The van der Waals surface area contributed by atoms with Crippen molar-refractivity contribution in [2.75, 3.05) is 7.11 Å². The van der Waals surface area contributed by atoms with Crippen molar-refractivity contribution >= 4 is 46.7 Å². The predicted octanol–water partition coefficient (Wildman–Crippen LogP) is 7.29. The molecule has 3 aromatic rings. The van der Waals surface area contributed by atoms with E-state index in [0.29, 0.717) is 26.6 Å². The summed E-state index contributed by atoms with van der Waals surface area (Å²) in [5.41, 5.74) is 3.47. The molecule has 3 rings (SSSR count). The lowest BCUT2D eigenvalue weighted by Gasteiger charge is -2.14. The number of hydrogen-bond donors (Lipinski definition) is 0. The summed E-state index contributed by atoms with van der Waals surface area (Å²) in [4.78, 5) is 4.51. The van der Waals surface area contributed by atoms with Gasteiger partial charge in [0.1, 0.15) is 6.61 Å². The molecule has 0 bridgehead atoms. The lowest BCUT2D eigenvalue weighted by Crippen LogP contribution is -2.00. The van der Waals surface area contributed by atoms with Crippen LogP contribution in [0.1, 0.15) is 16.7 Å². The monoisotopic (exact) mass is 433 g/mol. The molecule has 0 atom stereocenters. The maximum absolute atomic E-state index is 6.44. The predicted molar refractivity (Wildman–Crippen MR) is 117 cm³/mol. The largest absolute Gasteiger partial charge is 0.493 e. The minimum absolute atomic E-state index is 0.283. The van der Waals surface area contributed by atoms with E-state index in [4.69, 9.17) is 44.3 Å². The Morgan fingerprint density at radius 2 is 1.75 bits per heavy atom. The number of aliphatic imine (C=N–C) groups is 1. The third kappa shape index (κ3) is 4.99. The second-order valence-corrected chi connectivity index (χ2v) is 7.35. The Balaban J connectivity index is 1.84. The lowest BCUT2D eigenvalue weighted by atomic mass is 10.2. The van der Waals surface area contributed by atoms with Crippen molar-refractivity contribution in [1.82, 2.24) is 0 Å². The standard InChI is InChI=1S/C22H18Cl3NO2/c1-14-7-8-17(23)11-20(14)26-12-15-9-19(25)22(21(10-15)27-2)28-13-16-5-3-4-6-18(16)24/h3-12H,13H2,1-2H3. The van der Waals surface area contributed by atoms with E-state index < -0.39 is 0 Å². The molecule has 0 saturated heterocycles. The lowest BCUT2D eigenvalue weighted by molar-refractivity contribution is 0.285. The van der Waals surface area contributed by atoms with Gasteiger partial charge in [0.25, 0.3) is 0 Å². The topological polar surface area (TPSA) is 30.8 Å². The van der Waals surface area contributed by atoms with Gasteiger partial charge in [0.2, 0.25) is 0 Å². The SMILES string of the molecule is COc1cc(C=Nc2cc(Cl)ccc2C)cc(Cl)c1OCc1ccccc1Cl. The molecule has 28 heavy (non-hydrogen) atoms. The van der Waals surface area contributed by atoms with Crippen LogP contribution in [0.5, 0.6) is 11.5 Å². The Labute approximate surface area is 179 Å². The number of rotatable bonds is 6. The average molecular weight is 435 g/mol. The molecule has 0 unspecified atom stereocenters. The zero-order chi connectivity index (χ0) is 20.1. The molecule has 0 saturated carbocycles. The van der Waals surface area contributed by atoms with Crippen molar-refractivity contribution < 1.29 is 9.47 Å². The fourth-order valence-electron chi connectivity index (χ4n) is 2.59. The summed E-state index contributed by atoms with van der Waals surface area (Å²) < 4.78 is 11.3. The second kappa shape index (κ2) is 9.33. The van der Waals surface area contributed by atoms with E-state index in [1.807, 2.05) is 55.5 Å².